The van der Waals surface area contributed by atoms with Crippen LogP contribution < -0.4 is 10.6 Å². The smallest absolute Gasteiger partial charge is 0.241 e. The quantitative estimate of drug-likeness (QED) is 0.361. The summed E-state index contributed by atoms with van der Waals surface area (Å²) in [5.41, 5.74) is 0.0316. The van der Waals surface area contributed by atoms with Gasteiger partial charge in [-0.15, -0.1) is 24.0 Å². The van der Waals surface area contributed by atoms with Gasteiger partial charge in [0, 0.05) is 51.6 Å². The number of nitrogens with one attached hydrogen (secondary N) is 2. The summed E-state index contributed by atoms with van der Waals surface area (Å²) in [4.78, 5) is 32.5. The van der Waals surface area contributed by atoms with Gasteiger partial charge in [0.15, 0.2) is 5.96 Å². The molecule has 3 aliphatic rings. The van der Waals surface area contributed by atoms with Gasteiger partial charge in [-0.3, -0.25) is 14.6 Å². The van der Waals surface area contributed by atoms with Crippen molar-refractivity contribution < 1.29 is 9.59 Å². The Morgan fingerprint density at radius 1 is 1.20 bits per heavy atom. The van der Waals surface area contributed by atoms with Gasteiger partial charge >= 0.3 is 0 Å². The van der Waals surface area contributed by atoms with Crippen molar-refractivity contribution >= 4 is 41.8 Å². The second-order valence-electron chi connectivity index (χ2n) is 7.32. The highest BCUT2D eigenvalue weighted by Gasteiger charge is 2.42. The van der Waals surface area contributed by atoms with Crippen LogP contribution in [0.15, 0.2) is 4.99 Å². The number of hydrogen-bond donors (Lipinski definition) is 2. The van der Waals surface area contributed by atoms with Crippen LogP contribution in [0.5, 0.6) is 0 Å². The average molecular weight is 463 g/mol. The number of rotatable bonds is 2. The largest absolute Gasteiger partial charge is 0.355 e. The maximum atomic E-state index is 12.3. The Bertz CT molecular complexity index is 521. The first-order valence-corrected chi connectivity index (χ1v) is 9.12. The zero-order valence-electron chi connectivity index (χ0n) is 15.1. The van der Waals surface area contributed by atoms with Crippen molar-refractivity contribution in [1.29, 1.82) is 0 Å². The van der Waals surface area contributed by atoms with Crippen molar-refractivity contribution in [1.82, 2.24) is 20.4 Å². The first-order valence-electron chi connectivity index (χ1n) is 9.12. The van der Waals surface area contributed by atoms with Crippen molar-refractivity contribution in [3.05, 3.63) is 0 Å². The molecule has 25 heavy (non-hydrogen) atoms. The topological polar surface area (TPSA) is 77.0 Å². The highest BCUT2D eigenvalue weighted by atomic mass is 127. The lowest BCUT2D eigenvalue weighted by molar-refractivity contribution is -0.130. The molecule has 3 heterocycles. The summed E-state index contributed by atoms with van der Waals surface area (Å²) < 4.78 is 0. The first-order chi connectivity index (χ1) is 11.6. The second-order valence-corrected chi connectivity index (χ2v) is 7.32. The van der Waals surface area contributed by atoms with Gasteiger partial charge in [-0.05, 0) is 32.1 Å². The Balaban J connectivity index is 0.00000225. The number of guanidine groups is 1. The number of carbonyl (C=O) groups excluding carboxylic acids is 2. The number of halogens is 1. The van der Waals surface area contributed by atoms with Crippen LogP contribution in [-0.2, 0) is 9.59 Å². The van der Waals surface area contributed by atoms with Crippen molar-refractivity contribution in [3.63, 3.8) is 0 Å². The molecule has 8 heteroatoms. The molecule has 0 saturated carbocycles. The third-order valence-electron chi connectivity index (χ3n) is 5.48. The lowest BCUT2D eigenvalue weighted by Crippen LogP contribution is -2.53. The summed E-state index contributed by atoms with van der Waals surface area (Å²) >= 11 is 0. The van der Waals surface area contributed by atoms with Crippen molar-refractivity contribution in [2.45, 2.75) is 38.5 Å². The molecule has 2 amide bonds. The summed E-state index contributed by atoms with van der Waals surface area (Å²) in [6.45, 7) is 4.55. The standard InChI is InChI=1S/C17H29N5O2.HI/c1-18-16(19-11-15(24)21-7-3-2-4-8-21)22-9-5-6-17(13-22)10-14(23)20-12-17;/h2-13H2,1H3,(H,18,19)(H,20,23);1H. The maximum absolute atomic E-state index is 12.3. The van der Waals surface area contributed by atoms with Gasteiger partial charge in [0.05, 0.1) is 6.54 Å². The van der Waals surface area contributed by atoms with E-state index in [2.05, 4.69) is 20.5 Å². The second kappa shape index (κ2) is 9.05. The lowest BCUT2D eigenvalue weighted by atomic mass is 9.79. The SMILES string of the molecule is CN=C(NCC(=O)N1CCCCC1)N1CCCC2(CNC(=O)C2)C1.I. The zero-order chi connectivity index (χ0) is 17.0. The molecular weight excluding hydrogens is 433 g/mol. The third kappa shape index (κ3) is 4.98. The monoisotopic (exact) mass is 463 g/mol. The predicted molar refractivity (Wildman–Crippen MR) is 108 cm³/mol. The molecule has 3 aliphatic heterocycles. The molecule has 142 valence electrons. The number of piperidine rings is 2. The van der Waals surface area contributed by atoms with Crippen LogP contribution in [0, 0.1) is 5.41 Å². The Kier molecular flexibility index (Phi) is 7.33. The highest BCUT2D eigenvalue weighted by Crippen LogP contribution is 2.35. The van der Waals surface area contributed by atoms with Crippen LogP contribution in [0.3, 0.4) is 0 Å². The molecule has 0 radical (unpaired) electrons. The number of aliphatic imine (C=N–C) groups is 1. The Hall–Kier alpha value is -1.06. The Morgan fingerprint density at radius 3 is 2.56 bits per heavy atom. The van der Waals surface area contributed by atoms with Crippen LogP contribution in [0.25, 0.3) is 0 Å². The fourth-order valence-electron chi connectivity index (χ4n) is 4.17. The van der Waals surface area contributed by atoms with Crippen molar-refractivity contribution in [2.24, 2.45) is 10.4 Å². The summed E-state index contributed by atoms with van der Waals surface area (Å²) in [7, 11) is 1.76. The molecule has 3 saturated heterocycles. The van der Waals surface area contributed by atoms with E-state index in [0.29, 0.717) is 13.0 Å². The molecule has 0 aromatic carbocycles. The zero-order valence-corrected chi connectivity index (χ0v) is 17.4. The van der Waals surface area contributed by atoms with E-state index in [9.17, 15) is 9.59 Å². The normalized spacial score (nSPS) is 27.1. The minimum atomic E-state index is 0. The predicted octanol–water partition coefficient (Wildman–Crippen LogP) is 0.794. The van der Waals surface area contributed by atoms with Gasteiger partial charge in [0.1, 0.15) is 0 Å². The first kappa shape index (κ1) is 20.3. The summed E-state index contributed by atoms with van der Waals surface area (Å²) in [6.07, 6.45) is 6.17. The van der Waals surface area contributed by atoms with E-state index in [-0.39, 0.29) is 41.2 Å². The van der Waals surface area contributed by atoms with Gasteiger partial charge < -0.3 is 20.4 Å². The molecular formula is C17H30IN5O2. The molecule has 3 fully saturated rings. The lowest BCUT2D eigenvalue weighted by Gasteiger charge is -2.40. The molecule has 2 N–H and O–H groups in total. The van der Waals surface area contributed by atoms with E-state index < -0.39 is 0 Å². The molecule has 1 unspecified atom stereocenters. The van der Waals surface area contributed by atoms with E-state index in [1.165, 1.54) is 6.42 Å². The number of nitrogens with zero attached hydrogens (tertiary/aromatic N) is 3. The molecule has 0 aromatic heterocycles. The van der Waals surface area contributed by atoms with E-state index in [4.69, 9.17) is 0 Å². The maximum Gasteiger partial charge on any atom is 0.241 e. The summed E-state index contributed by atoms with van der Waals surface area (Å²) in [5.74, 6) is 1.08. The van der Waals surface area contributed by atoms with E-state index >= 15 is 0 Å². The van der Waals surface area contributed by atoms with E-state index in [1.54, 1.807) is 7.05 Å². The molecule has 0 aromatic rings. The van der Waals surface area contributed by atoms with Gasteiger partial charge in [-0.1, -0.05) is 0 Å². The average Bonchev–Trinajstić information content (AvgIpc) is 2.96. The fraction of sp³-hybridized carbons (Fsp3) is 0.824. The van der Waals surface area contributed by atoms with E-state index in [1.807, 2.05) is 4.90 Å². The van der Waals surface area contributed by atoms with Gasteiger partial charge in [0.25, 0.3) is 0 Å². The molecule has 1 atom stereocenters. The minimum absolute atomic E-state index is 0. The van der Waals surface area contributed by atoms with E-state index in [0.717, 1.165) is 64.4 Å². The van der Waals surface area contributed by atoms with Gasteiger partial charge in [-0.25, -0.2) is 0 Å². The van der Waals surface area contributed by atoms with Gasteiger partial charge in [-0.2, -0.15) is 0 Å². The molecule has 3 rings (SSSR count). The Labute approximate surface area is 167 Å². The number of hydrogen-bond acceptors (Lipinski definition) is 3. The van der Waals surface area contributed by atoms with Crippen LogP contribution in [-0.4, -0.2) is 73.9 Å². The van der Waals surface area contributed by atoms with Gasteiger partial charge in [0.2, 0.25) is 11.8 Å². The molecule has 7 nitrogen and oxygen atoms in total. The van der Waals surface area contributed by atoms with Crippen molar-refractivity contribution in [2.75, 3.05) is 46.3 Å². The third-order valence-corrected chi connectivity index (χ3v) is 5.48. The highest BCUT2D eigenvalue weighted by molar-refractivity contribution is 14.0. The summed E-state index contributed by atoms with van der Waals surface area (Å²) in [5, 5.41) is 6.20. The fourth-order valence-corrected chi connectivity index (χ4v) is 4.17. The van der Waals surface area contributed by atoms with Crippen LogP contribution >= 0.6 is 24.0 Å². The number of amides is 2. The number of likely N-dealkylation sites (tertiary alicyclic amines) is 2. The minimum Gasteiger partial charge on any atom is -0.355 e. The molecule has 0 aliphatic carbocycles. The van der Waals surface area contributed by atoms with Crippen LogP contribution in [0.2, 0.25) is 0 Å². The molecule has 0 bridgehead atoms. The number of carbonyl (C=O) groups is 2. The van der Waals surface area contributed by atoms with Crippen LogP contribution in [0.1, 0.15) is 38.5 Å². The Morgan fingerprint density at radius 2 is 1.92 bits per heavy atom. The van der Waals surface area contributed by atoms with Crippen LogP contribution in [0.4, 0.5) is 0 Å². The summed E-state index contributed by atoms with van der Waals surface area (Å²) in [6, 6.07) is 0. The van der Waals surface area contributed by atoms with Crippen molar-refractivity contribution in [3.8, 4) is 0 Å². The molecule has 1 spiro atoms.